The van der Waals surface area contributed by atoms with E-state index in [0.29, 0.717) is 32.5 Å². The van der Waals surface area contributed by atoms with Crippen molar-refractivity contribution in [1.29, 1.82) is 0 Å². The highest BCUT2D eigenvalue weighted by Crippen LogP contribution is 2.53. The molecule has 3 amide bonds. The summed E-state index contributed by atoms with van der Waals surface area (Å²) in [5.74, 6) is -4.02. The van der Waals surface area contributed by atoms with Gasteiger partial charge < -0.3 is 14.9 Å². The number of rotatable bonds is 14. The minimum atomic E-state index is -3.60. The van der Waals surface area contributed by atoms with E-state index in [2.05, 4.69) is 0 Å². The number of amides is 3. The summed E-state index contributed by atoms with van der Waals surface area (Å²) in [5, 5.41) is 10.4. The first kappa shape index (κ1) is 30.6. The first-order chi connectivity index (χ1) is 19.4. The largest absolute Gasteiger partial charge is 0.382 e. The Morgan fingerprint density at radius 2 is 1.76 bits per heavy atom. The number of sulfonamides is 1. The van der Waals surface area contributed by atoms with E-state index in [1.165, 1.54) is 30.3 Å². The number of hydrogen-bond donors (Lipinski definition) is 2. The van der Waals surface area contributed by atoms with Crippen molar-refractivity contribution in [2.45, 2.75) is 63.1 Å². The summed E-state index contributed by atoms with van der Waals surface area (Å²) in [7, 11) is -3.60. The molecule has 2 fully saturated rings. The van der Waals surface area contributed by atoms with E-state index in [0.717, 1.165) is 37.2 Å². The van der Waals surface area contributed by atoms with Gasteiger partial charge in [0.1, 0.15) is 6.10 Å². The van der Waals surface area contributed by atoms with E-state index in [4.69, 9.17) is 0 Å². The zero-order chi connectivity index (χ0) is 29.7. The van der Waals surface area contributed by atoms with Crippen molar-refractivity contribution in [3.05, 3.63) is 83.9 Å². The van der Waals surface area contributed by atoms with Gasteiger partial charge in [0.2, 0.25) is 15.9 Å². The zero-order valence-electron chi connectivity index (χ0n) is 23.1. The number of nitrogens with zero attached hydrogens (tertiary/aromatic N) is 2. The van der Waals surface area contributed by atoms with E-state index in [1.807, 2.05) is 35.1 Å². The van der Waals surface area contributed by atoms with E-state index in [9.17, 15) is 31.9 Å². The quantitative estimate of drug-likeness (QED) is 0.318. The third-order valence-corrected chi connectivity index (χ3v) is 8.43. The monoisotopic (exact) mass is 589 g/mol. The fourth-order valence-corrected chi connectivity index (χ4v) is 5.85. The highest BCUT2D eigenvalue weighted by molar-refractivity contribution is 7.89. The maximum atomic E-state index is 14.9. The molecule has 1 aliphatic carbocycles. The van der Waals surface area contributed by atoms with Gasteiger partial charge in [0.15, 0.2) is 0 Å². The van der Waals surface area contributed by atoms with Crippen LogP contribution in [-0.4, -0.2) is 66.8 Å². The van der Waals surface area contributed by atoms with Gasteiger partial charge in [-0.2, -0.15) is 8.78 Å². The highest BCUT2D eigenvalue weighted by Gasteiger charge is 2.43. The molecule has 2 atom stereocenters. The molecular formula is C30H37F2N3O5S. The molecule has 0 spiro atoms. The van der Waals surface area contributed by atoms with Crippen LogP contribution in [0.15, 0.2) is 72.8 Å². The molecule has 41 heavy (non-hydrogen) atoms. The van der Waals surface area contributed by atoms with E-state index < -0.39 is 34.0 Å². The zero-order valence-corrected chi connectivity index (χ0v) is 23.9. The number of halogens is 2. The second-order valence-corrected chi connectivity index (χ2v) is 12.9. The van der Waals surface area contributed by atoms with E-state index in [1.54, 1.807) is 15.9 Å². The first-order valence-corrected chi connectivity index (χ1v) is 15.7. The van der Waals surface area contributed by atoms with Crippen LogP contribution < -0.4 is 4.72 Å². The molecule has 2 N–H and O–H groups in total. The fraction of sp³-hybridized carbons (Fsp3) is 0.467. The van der Waals surface area contributed by atoms with Crippen molar-refractivity contribution >= 4 is 22.0 Å². The minimum Gasteiger partial charge on any atom is -0.382 e. The summed E-state index contributed by atoms with van der Waals surface area (Å²) in [6, 6.07) is 15.9. The molecule has 8 nitrogen and oxygen atoms in total. The maximum Gasteiger partial charge on any atom is 0.320 e. The van der Waals surface area contributed by atoms with Crippen molar-refractivity contribution in [3.8, 4) is 0 Å². The van der Waals surface area contributed by atoms with Crippen LogP contribution in [0.4, 0.5) is 13.6 Å². The Labute approximate surface area is 240 Å². The topological polar surface area (TPSA) is 107 Å². The number of benzene rings is 2. The Kier molecular flexibility index (Phi) is 9.48. The Balaban J connectivity index is 1.40. The lowest BCUT2D eigenvalue weighted by molar-refractivity contribution is -0.119. The van der Waals surface area contributed by atoms with Crippen LogP contribution in [-0.2, 0) is 27.3 Å². The Hall–Kier alpha value is -3.31. The summed E-state index contributed by atoms with van der Waals surface area (Å²) < 4.78 is 54.3. The van der Waals surface area contributed by atoms with Crippen LogP contribution in [0.3, 0.4) is 0 Å². The molecule has 222 valence electrons. The van der Waals surface area contributed by atoms with Crippen LogP contribution in [0, 0.1) is 5.41 Å². The molecule has 1 saturated carbocycles. The van der Waals surface area contributed by atoms with Gasteiger partial charge in [-0.15, -0.1) is 0 Å². The molecule has 2 aromatic carbocycles. The Morgan fingerprint density at radius 1 is 1.12 bits per heavy atom. The Morgan fingerprint density at radius 3 is 2.37 bits per heavy atom. The number of hydrogen-bond acceptors (Lipinski definition) is 5. The van der Waals surface area contributed by atoms with Crippen molar-refractivity contribution in [2.75, 3.05) is 19.3 Å². The number of carbonyl (C=O) groups excluding carboxylic acids is 2. The van der Waals surface area contributed by atoms with Gasteiger partial charge in [0.25, 0.3) is 0 Å². The molecule has 1 unspecified atom stereocenters. The van der Waals surface area contributed by atoms with Gasteiger partial charge in [0, 0.05) is 31.6 Å². The number of alkyl halides is 2. The second-order valence-electron chi connectivity index (χ2n) is 11.1. The second kappa shape index (κ2) is 12.7. The SMILES string of the molecule is CS(=O)(=O)NC(=O)CCC1(CCCN2C(=O)N(Cc3ccccc3)C[C@@H]2/C=C/C(O)C(F)(F)c2ccccc2)CC1. The highest BCUT2D eigenvalue weighted by atomic mass is 32.2. The number of nitrogens with one attached hydrogen (secondary N) is 1. The molecule has 4 rings (SSSR count). The standard InChI is InChI=1S/C30H37F2N3O5S/c1-41(39,40)33-27(37)15-17-29(18-19-29)16-8-20-35-25(22-34(28(35)38)21-23-9-4-2-5-10-23)13-14-26(36)30(31,32)24-11-6-3-7-12-24/h2-7,9-14,25-26,36H,8,15-22H2,1H3,(H,33,37)/b14-13+/t25-,26?/m0/s1. The van der Waals surface area contributed by atoms with E-state index in [-0.39, 0.29) is 23.4 Å². The molecular weight excluding hydrogens is 552 g/mol. The lowest BCUT2D eigenvalue weighted by Crippen LogP contribution is -2.36. The predicted molar refractivity (Wildman–Crippen MR) is 151 cm³/mol. The molecule has 1 saturated heterocycles. The summed E-state index contributed by atoms with van der Waals surface area (Å²) in [6.07, 6.45) is 5.38. The third-order valence-electron chi connectivity index (χ3n) is 7.83. The summed E-state index contributed by atoms with van der Waals surface area (Å²) in [4.78, 5) is 28.7. The third kappa shape index (κ3) is 8.36. The van der Waals surface area contributed by atoms with Gasteiger partial charge in [0.05, 0.1) is 12.3 Å². The van der Waals surface area contributed by atoms with Gasteiger partial charge in [-0.25, -0.2) is 13.2 Å². The van der Waals surface area contributed by atoms with Gasteiger partial charge in [-0.3, -0.25) is 9.52 Å². The number of aliphatic hydroxyl groups excluding tert-OH is 1. The summed E-state index contributed by atoms with van der Waals surface area (Å²) in [6.45, 7) is 1.06. The predicted octanol–water partition coefficient (Wildman–Crippen LogP) is 4.42. The van der Waals surface area contributed by atoms with E-state index >= 15 is 0 Å². The average molecular weight is 590 g/mol. The summed E-state index contributed by atoms with van der Waals surface area (Å²) in [5.41, 5.74) is 0.605. The van der Waals surface area contributed by atoms with Crippen molar-refractivity contribution in [3.63, 3.8) is 0 Å². The van der Waals surface area contributed by atoms with Crippen molar-refractivity contribution in [2.24, 2.45) is 5.41 Å². The van der Waals surface area contributed by atoms with Crippen LogP contribution in [0.1, 0.15) is 49.7 Å². The number of urea groups is 1. The first-order valence-electron chi connectivity index (χ1n) is 13.8. The normalized spacial score (nSPS) is 19.5. The minimum absolute atomic E-state index is 0.0549. The molecule has 1 aliphatic heterocycles. The lowest BCUT2D eigenvalue weighted by Gasteiger charge is -2.24. The number of aliphatic hydroxyl groups is 1. The Bertz CT molecular complexity index is 1330. The van der Waals surface area contributed by atoms with Gasteiger partial charge >= 0.3 is 12.0 Å². The summed E-state index contributed by atoms with van der Waals surface area (Å²) >= 11 is 0. The lowest BCUT2D eigenvalue weighted by atomic mass is 9.94. The molecule has 0 aromatic heterocycles. The molecule has 2 aliphatic rings. The van der Waals surface area contributed by atoms with Crippen LogP contribution in [0.2, 0.25) is 0 Å². The van der Waals surface area contributed by atoms with Crippen LogP contribution in [0.25, 0.3) is 0 Å². The molecule has 2 aromatic rings. The van der Waals surface area contributed by atoms with Gasteiger partial charge in [-0.1, -0.05) is 72.8 Å². The molecule has 1 heterocycles. The van der Waals surface area contributed by atoms with Crippen LogP contribution >= 0.6 is 0 Å². The van der Waals surface area contributed by atoms with Crippen LogP contribution in [0.5, 0.6) is 0 Å². The number of carbonyl (C=O) groups is 2. The maximum absolute atomic E-state index is 14.9. The van der Waals surface area contributed by atoms with Crippen molar-refractivity contribution < 1.29 is 31.9 Å². The smallest absolute Gasteiger partial charge is 0.320 e. The molecule has 0 bridgehead atoms. The van der Waals surface area contributed by atoms with Crippen molar-refractivity contribution in [1.82, 2.24) is 14.5 Å². The van der Waals surface area contributed by atoms with Gasteiger partial charge in [-0.05, 0) is 43.1 Å². The molecule has 11 heteroatoms. The average Bonchev–Trinajstić information content (AvgIpc) is 3.65. The fourth-order valence-electron chi connectivity index (χ4n) is 5.34. The molecule has 0 radical (unpaired) electrons.